The van der Waals surface area contributed by atoms with Gasteiger partial charge in [-0.15, -0.1) is 0 Å². The number of hydrogen-bond donors (Lipinski definition) is 0. The Morgan fingerprint density at radius 2 is 1.86 bits per heavy atom. The quantitative estimate of drug-likeness (QED) is 0.831. The average molecular weight is 307 g/mol. The highest BCUT2D eigenvalue weighted by Gasteiger charge is 2.27. The zero-order valence-electron chi connectivity index (χ0n) is 13.1. The zero-order chi connectivity index (χ0) is 14.7. The number of nitrogens with zero attached hydrogens (tertiary/aromatic N) is 2. The Balaban J connectivity index is 1.50. The summed E-state index contributed by atoms with van der Waals surface area (Å²) in [4.78, 5) is 5.28. The highest BCUT2D eigenvalue weighted by Crippen LogP contribution is 2.28. The van der Waals surface area contributed by atoms with Gasteiger partial charge in [-0.05, 0) is 30.4 Å². The van der Waals surface area contributed by atoms with Gasteiger partial charge in [0.1, 0.15) is 0 Å². The molecule has 2 fully saturated rings. The van der Waals surface area contributed by atoms with Crippen LogP contribution in [0, 0.1) is 5.92 Å². The molecule has 21 heavy (non-hydrogen) atoms. The van der Waals surface area contributed by atoms with Crippen molar-refractivity contribution in [2.75, 3.05) is 26.2 Å². The number of hydrogen-bond acceptors (Lipinski definition) is 2. The molecule has 2 nitrogen and oxygen atoms in total. The molecule has 2 aliphatic rings. The van der Waals surface area contributed by atoms with Crippen LogP contribution in [0.1, 0.15) is 38.2 Å². The Kier molecular flexibility index (Phi) is 5.20. The Hall–Kier alpha value is -0.570. The van der Waals surface area contributed by atoms with Crippen molar-refractivity contribution in [1.82, 2.24) is 9.80 Å². The Bertz CT molecular complexity index is 454. The molecule has 0 N–H and O–H groups in total. The van der Waals surface area contributed by atoms with E-state index in [1.807, 2.05) is 12.1 Å². The van der Waals surface area contributed by atoms with Gasteiger partial charge in [0, 0.05) is 43.8 Å². The molecule has 1 heterocycles. The van der Waals surface area contributed by atoms with E-state index < -0.39 is 0 Å². The molecule has 0 unspecified atom stereocenters. The van der Waals surface area contributed by atoms with Gasteiger partial charge >= 0.3 is 0 Å². The van der Waals surface area contributed by atoms with Gasteiger partial charge in [0.15, 0.2) is 0 Å². The lowest BCUT2D eigenvalue weighted by Crippen LogP contribution is -2.50. The van der Waals surface area contributed by atoms with Crippen LogP contribution in [0.2, 0.25) is 5.02 Å². The van der Waals surface area contributed by atoms with E-state index in [-0.39, 0.29) is 0 Å². The third-order valence-corrected chi connectivity index (χ3v) is 5.55. The van der Waals surface area contributed by atoms with Gasteiger partial charge in [0.2, 0.25) is 0 Å². The van der Waals surface area contributed by atoms with Gasteiger partial charge in [-0.3, -0.25) is 9.80 Å². The standard InChI is InChI=1S/C18H27ClN2/c1-15-5-4-7-17(13-15)21-11-9-20(10-12-21)14-16-6-2-3-8-18(16)19/h2-3,6,8,15,17H,4-5,7,9-14H2,1H3/t15-,17+/m0/s1. The lowest BCUT2D eigenvalue weighted by Gasteiger charge is -2.42. The minimum absolute atomic E-state index is 0.844. The summed E-state index contributed by atoms with van der Waals surface area (Å²) in [6.07, 6.45) is 5.67. The summed E-state index contributed by atoms with van der Waals surface area (Å²) >= 11 is 6.27. The van der Waals surface area contributed by atoms with Crippen LogP contribution in [-0.2, 0) is 6.54 Å². The number of piperazine rings is 1. The predicted molar refractivity (Wildman–Crippen MR) is 89.7 cm³/mol. The maximum Gasteiger partial charge on any atom is 0.0451 e. The van der Waals surface area contributed by atoms with Gasteiger partial charge in [-0.1, -0.05) is 49.6 Å². The predicted octanol–water partition coefficient (Wildman–Crippen LogP) is 4.04. The molecule has 1 aromatic rings. The molecule has 1 aliphatic heterocycles. The van der Waals surface area contributed by atoms with Crippen molar-refractivity contribution in [3.05, 3.63) is 34.9 Å². The summed E-state index contributed by atoms with van der Waals surface area (Å²) in [6.45, 7) is 8.21. The summed E-state index contributed by atoms with van der Waals surface area (Å²) in [5, 5.41) is 0.904. The van der Waals surface area contributed by atoms with Crippen molar-refractivity contribution in [2.45, 2.75) is 45.2 Å². The topological polar surface area (TPSA) is 6.48 Å². The summed E-state index contributed by atoms with van der Waals surface area (Å²) in [7, 11) is 0. The van der Waals surface area contributed by atoms with Gasteiger partial charge in [0.25, 0.3) is 0 Å². The monoisotopic (exact) mass is 306 g/mol. The van der Waals surface area contributed by atoms with Crippen LogP contribution in [0.3, 0.4) is 0 Å². The zero-order valence-corrected chi connectivity index (χ0v) is 13.9. The lowest BCUT2D eigenvalue weighted by atomic mass is 9.86. The van der Waals surface area contributed by atoms with Crippen molar-refractivity contribution in [2.24, 2.45) is 5.92 Å². The third-order valence-electron chi connectivity index (χ3n) is 5.18. The Morgan fingerprint density at radius 1 is 1.10 bits per heavy atom. The van der Waals surface area contributed by atoms with Crippen LogP contribution in [0.25, 0.3) is 0 Å². The van der Waals surface area contributed by atoms with Crippen molar-refractivity contribution in [3.8, 4) is 0 Å². The SMILES string of the molecule is C[C@H]1CCC[C@@H](N2CCN(Cc3ccccc3Cl)CC2)C1. The van der Waals surface area contributed by atoms with Crippen LogP contribution < -0.4 is 0 Å². The largest absolute Gasteiger partial charge is 0.298 e. The van der Waals surface area contributed by atoms with Crippen molar-refractivity contribution < 1.29 is 0 Å². The van der Waals surface area contributed by atoms with Crippen LogP contribution in [-0.4, -0.2) is 42.0 Å². The van der Waals surface area contributed by atoms with Crippen LogP contribution in [0.4, 0.5) is 0 Å². The van der Waals surface area contributed by atoms with E-state index in [1.54, 1.807) is 0 Å². The maximum atomic E-state index is 6.27. The van der Waals surface area contributed by atoms with E-state index in [1.165, 1.54) is 57.4 Å². The molecule has 0 amide bonds. The summed E-state index contributed by atoms with van der Waals surface area (Å²) in [5.74, 6) is 0.921. The van der Waals surface area contributed by atoms with Gasteiger partial charge in [-0.2, -0.15) is 0 Å². The second kappa shape index (κ2) is 7.13. The molecular weight excluding hydrogens is 280 g/mol. The normalized spacial score (nSPS) is 28.7. The smallest absolute Gasteiger partial charge is 0.0451 e. The number of benzene rings is 1. The Labute approximate surface area is 134 Å². The van der Waals surface area contributed by atoms with E-state index in [2.05, 4.69) is 28.9 Å². The average Bonchev–Trinajstić information content (AvgIpc) is 2.50. The minimum atomic E-state index is 0.844. The van der Waals surface area contributed by atoms with Crippen LogP contribution in [0.15, 0.2) is 24.3 Å². The molecular formula is C18H27ClN2. The first kappa shape index (κ1) is 15.3. The van der Waals surface area contributed by atoms with E-state index in [4.69, 9.17) is 11.6 Å². The van der Waals surface area contributed by atoms with Crippen molar-refractivity contribution in [3.63, 3.8) is 0 Å². The van der Waals surface area contributed by atoms with E-state index in [0.29, 0.717) is 0 Å². The second-order valence-corrected chi connectivity index (χ2v) is 7.24. The van der Waals surface area contributed by atoms with Crippen LogP contribution in [0.5, 0.6) is 0 Å². The van der Waals surface area contributed by atoms with Gasteiger partial charge in [0.05, 0.1) is 0 Å². The third kappa shape index (κ3) is 4.00. The second-order valence-electron chi connectivity index (χ2n) is 6.83. The molecule has 0 bridgehead atoms. The molecule has 116 valence electrons. The van der Waals surface area contributed by atoms with Gasteiger partial charge < -0.3 is 0 Å². The van der Waals surface area contributed by atoms with Crippen molar-refractivity contribution >= 4 is 11.6 Å². The number of rotatable bonds is 3. The van der Waals surface area contributed by atoms with E-state index in [9.17, 15) is 0 Å². The molecule has 3 heteroatoms. The van der Waals surface area contributed by atoms with E-state index >= 15 is 0 Å². The summed E-state index contributed by atoms with van der Waals surface area (Å²) in [6, 6.07) is 9.08. The Morgan fingerprint density at radius 3 is 2.57 bits per heavy atom. The highest BCUT2D eigenvalue weighted by atomic mass is 35.5. The molecule has 1 saturated carbocycles. The molecule has 2 atom stereocenters. The minimum Gasteiger partial charge on any atom is -0.298 e. The maximum absolute atomic E-state index is 6.27. The summed E-state index contributed by atoms with van der Waals surface area (Å²) < 4.78 is 0. The van der Waals surface area contributed by atoms with Crippen LogP contribution >= 0.6 is 11.6 Å². The fourth-order valence-electron chi connectivity index (χ4n) is 3.89. The molecule has 1 aliphatic carbocycles. The molecule has 3 rings (SSSR count). The fourth-order valence-corrected chi connectivity index (χ4v) is 4.08. The molecule has 1 aromatic carbocycles. The molecule has 0 spiro atoms. The number of halogens is 1. The molecule has 0 aromatic heterocycles. The molecule has 1 saturated heterocycles. The highest BCUT2D eigenvalue weighted by molar-refractivity contribution is 6.31. The fraction of sp³-hybridized carbons (Fsp3) is 0.667. The first-order chi connectivity index (χ1) is 10.2. The lowest BCUT2D eigenvalue weighted by molar-refractivity contribution is 0.0659. The first-order valence-electron chi connectivity index (χ1n) is 8.42. The molecule has 0 radical (unpaired) electrons. The van der Waals surface area contributed by atoms with E-state index in [0.717, 1.165) is 23.5 Å². The first-order valence-corrected chi connectivity index (χ1v) is 8.80. The van der Waals surface area contributed by atoms with Crippen molar-refractivity contribution in [1.29, 1.82) is 0 Å². The summed E-state index contributed by atoms with van der Waals surface area (Å²) in [5.41, 5.74) is 1.26. The van der Waals surface area contributed by atoms with Gasteiger partial charge in [-0.25, -0.2) is 0 Å².